The Morgan fingerprint density at radius 1 is 0.750 bits per heavy atom. The van der Waals surface area contributed by atoms with Crippen LogP contribution in [0.15, 0.2) is 60.9 Å². The molecule has 0 bridgehead atoms. The summed E-state index contributed by atoms with van der Waals surface area (Å²) in [6, 6.07) is 8.65. The van der Waals surface area contributed by atoms with Gasteiger partial charge in [-0.15, -0.1) is 0 Å². The second-order valence-electron chi connectivity index (χ2n) is 6.74. The molecule has 0 unspecified atom stereocenters. The topological polar surface area (TPSA) is 72.2 Å². The van der Waals surface area contributed by atoms with Gasteiger partial charge in [0.05, 0.1) is 16.1 Å². The van der Waals surface area contributed by atoms with Crippen molar-refractivity contribution in [2.24, 2.45) is 0 Å². The lowest BCUT2D eigenvalue weighted by molar-refractivity contribution is -0.385. The van der Waals surface area contributed by atoms with Crippen LogP contribution in [0.25, 0.3) is 0 Å². The molecule has 168 valence electrons. The van der Waals surface area contributed by atoms with Crippen LogP contribution in [-0.2, 0) is 25.4 Å². The van der Waals surface area contributed by atoms with E-state index in [9.17, 15) is 36.5 Å². The average molecular weight is 456 g/mol. The molecule has 0 radical (unpaired) electrons. The second kappa shape index (κ2) is 8.81. The number of aromatic nitrogens is 2. The van der Waals surface area contributed by atoms with Gasteiger partial charge in [0.1, 0.15) is 12.4 Å². The summed E-state index contributed by atoms with van der Waals surface area (Å²) >= 11 is 0. The molecule has 12 heteroatoms. The van der Waals surface area contributed by atoms with E-state index < -0.39 is 28.4 Å². The summed E-state index contributed by atoms with van der Waals surface area (Å²) in [5, 5.41) is 10.8. The Balaban J connectivity index is 1.88. The lowest BCUT2D eigenvalue weighted by Crippen LogP contribution is -2.24. The molecule has 0 aliphatic heterocycles. The van der Waals surface area contributed by atoms with Gasteiger partial charge in [-0.25, -0.2) is 9.97 Å². The Kier molecular flexibility index (Phi) is 6.32. The molecule has 0 saturated carbocycles. The predicted octanol–water partition coefficient (Wildman–Crippen LogP) is 5.63. The summed E-state index contributed by atoms with van der Waals surface area (Å²) in [4.78, 5) is 19.4. The zero-order chi connectivity index (χ0) is 23.5. The monoisotopic (exact) mass is 456 g/mol. The van der Waals surface area contributed by atoms with Crippen LogP contribution in [0.4, 0.5) is 38.0 Å². The maximum Gasteiger partial charge on any atom is 0.416 e. The summed E-state index contributed by atoms with van der Waals surface area (Å²) in [6.45, 7) is 0.0218. The molecule has 0 amide bonds. The van der Waals surface area contributed by atoms with Gasteiger partial charge in [-0.3, -0.25) is 10.1 Å². The fraction of sp³-hybridized carbons (Fsp3) is 0.200. The minimum atomic E-state index is -4.50. The molecule has 6 nitrogen and oxygen atoms in total. The molecule has 1 aromatic heterocycles. The molecule has 0 aliphatic rings. The van der Waals surface area contributed by atoms with Crippen molar-refractivity contribution in [2.75, 3.05) is 4.90 Å². The van der Waals surface area contributed by atoms with Gasteiger partial charge in [-0.2, -0.15) is 26.3 Å². The third-order valence-corrected chi connectivity index (χ3v) is 4.43. The second-order valence-corrected chi connectivity index (χ2v) is 6.74. The van der Waals surface area contributed by atoms with E-state index >= 15 is 0 Å². The Labute approximate surface area is 177 Å². The number of hydrogen-bond donors (Lipinski definition) is 0. The van der Waals surface area contributed by atoms with E-state index in [1.165, 1.54) is 29.2 Å². The number of benzene rings is 2. The van der Waals surface area contributed by atoms with Crippen LogP contribution in [0.2, 0.25) is 0 Å². The van der Waals surface area contributed by atoms with Gasteiger partial charge >= 0.3 is 18.0 Å². The van der Waals surface area contributed by atoms with Crippen molar-refractivity contribution in [3.05, 3.63) is 93.3 Å². The number of nitro groups is 1. The Morgan fingerprint density at radius 2 is 1.12 bits per heavy atom. The number of nitrogens with zero attached hydrogens (tertiary/aromatic N) is 4. The van der Waals surface area contributed by atoms with Crippen LogP contribution in [-0.4, -0.2) is 14.9 Å². The number of rotatable bonds is 6. The molecule has 1 heterocycles. The van der Waals surface area contributed by atoms with Gasteiger partial charge in [-0.1, -0.05) is 24.3 Å². The SMILES string of the molecule is O=[N+]([O-])c1cnc(N(Cc2ccc(C(F)(F)F)cc2)Cc2ccc(C(F)(F)F)cc2)nc1. The maximum atomic E-state index is 12.8. The molecule has 3 aromatic rings. The van der Waals surface area contributed by atoms with Gasteiger partial charge in [-0.05, 0) is 35.4 Å². The average Bonchev–Trinajstić information content (AvgIpc) is 2.73. The highest BCUT2D eigenvalue weighted by atomic mass is 19.4. The zero-order valence-corrected chi connectivity index (χ0v) is 16.1. The molecular weight excluding hydrogens is 442 g/mol. The molecule has 3 rings (SSSR count). The predicted molar refractivity (Wildman–Crippen MR) is 101 cm³/mol. The van der Waals surface area contributed by atoms with Crippen LogP contribution >= 0.6 is 0 Å². The zero-order valence-electron chi connectivity index (χ0n) is 16.1. The van der Waals surface area contributed by atoms with E-state index in [2.05, 4.69) is 9.97 Å². The summed E-state index contributed by atoms with van der Waals surface area (Å²) in [7, 11) is 0. The number of anilines is 1. The van der Waals surface area contributed by atoms with Crippen molar-refractivity contribution in [3.8, 4) is 0 Å². The molecular formula is C20H14F6N4O2. The molecule has 0 spiro atoms. The van der Waals surface area contributed by atoms with Crippen molar-refractivity contribution in [1.29, 1.82) is 0 Å². The smallest absolute Gasteiger partial charge is 0.332 e. The molecule has 0 N–H and O–H groups in total. The maximum absolute atomic E-state index is 12.8. The number of halogens is 6. The molecule has 2 aromatic carbocycles. The minimum Gasteiger partial charge on any atom is -0.332 e. The fourth-order valence-electron chi connectivity index (χ4n) is 2.81. The normalized spacial score (nSPS) is 11.9. The number of alkyl halides is 6. The molecule has 0 aliphatic carbocycles. The first-order chi connectivity index (χ1) is 14.9. The first kappa shape index (κ1) is 23.0. The summed E-state index contributed by atoms with van der Waals surface area (Å²) in [6.07, 6.45) is -7.07. The third-order valence-electron chi connectivity index (χ3n) is 4.43. The molecule has 32 heavy (non-hydrogen) atoms. The quantitative estimate of drug-likeness (QED) is 0.273. The van der Waals surface area contributed by atoms with Crippen LogP contribution in [0, 0.1) is 10.1 Å². The first-order valence-electron chi connectivity index (χ1n) is 8.97. The highest BCUT2D eigenvalue weighted by molar-refractivity contribution is 5.38. The van der Waals surface area contributed by atoms with Gasteiger partial charge in [0.15, 0.2) is 0 Å². The molecule has 0 fully saturated rings. The summed E-state index contributed by atoms with van der Waals surface area (Å²) in [5.74, 6) is 0.0235. The van der Waals surface area contributed by atoms with Gasteiger partial charge in [0, 0.05) is 13.1 Å². The van der Waals surface area contributed by atoms with E-state index in [4.69, 9.17) is 0 Å². The van der Waals surface area contributed by atoms with Gasteiger partial charge < -0.3 is 4.90 Å². The lowest BCUT2D eigenvalue weighted by Gasteiger charge is -2.23. The van der Waals surface area contributed by atoms with E-state index in [-0.39, 0.29) is 24.7 Å². The van der Waals surface area contributed by atoms with E-state index in [1.54, 1.807) is 0 Å². The molecule has 0 atom stereocenters. The summed E-state index contributed by atoms with van der Waals surface area (Å²) in [5.41, 5.74) is -1.12. The van der Waals surface area contributed by atoms with Gasteiger partial charge in [0.25, 0.3) is 0 Å². The minimum absolute atomic E-state index is 0.0109. The van der Waals surface area contributed by atoms with Crippen LogP contribution in [0.3, 0.4) is 0 Å². The van der Waals surface area contributed by atoms with Crippen LogP contribution in [0.1, 0.15) is 22.3 Å². The van der Waals surface area contributed by atoms with Gasteiger partial charge in [0.2, 0.25) is 5.95 Å². The standard InChI is InChI=1S/C20H14F6N4O2/c21-19(22,23)15-5-1-13(2-6-15)11-29(18-27-9-17(10-28-18)30(31)32)12-14-3-7-16(8-4-14)20(24,25)26/h1-10H,11-12H2. The van der Waals surface area contributed by atoms with E-state index in [1.807, 2.05) is 0 Å². The van der Waals surface area contributed by atoms with Crippen molar-refractivity contribution in [2.45, 2.75) is 25.4 Å². The van der Waals surface area contributed by atoms with Crippen molar-refractivity contribution >= 4 is 11.6 Å². The lowest BCUT2D eigenvalue weighted by atomic mass is 10.1. The number of hydrogen-bond acceptors (Lipinski definition) is 5. The van der Waals surface area contributed by atoms with Crippen LogP contribution in [0.5, 0.6) is 0 Å². The van der Waals surface area contributed by atoms with E-state index in [0.717, 1.165) is 36.7 Å². The highest BCUT2D eigenvalue weighted by Crippen LogP contribution is 2.31. The Morgan fingerprint density at radius 3 is 1.44 bits per heavy atom. The fourth-order valence-corrected chi connectivity index (χ4v) is 2.81. The van der Waals surface area contributed by atoms with E-state index in [0.29, 0.717) is 11.1 Å². The Bertz CT molecular complexity index is 1010. The Hall–Kier alpha value is -3.70. The summed E-state index contributed by atoms with van der Waals surface area (Å²) < 4.78 is 76.7. The van der Waals surface area contributed by atoms with Crippen molar-refractivity contribution < 1.29 is 31.3 Å². The largest absolute Gasteiger partial charge is 0.416 e. The molecule has 0 saturated heterocycles. The third kappa shape index (κ3) is 5.71. The van der Waals surface area contributed by atoms with Crippen LogP contribution < -0.4 is 4.90 Å². The first-order valence-corrected chi connectivity index (χ1v) is 8.97. The highest BCUT2D eigenvalue weighted by Gasteiger charge is 2.31. The van der Waals surface area contributed by atoms with Crippen molar-refractivity contribution in [1.82, 2.24) is 9.97 Å². The van der Waals surface area contributed by atoms with Crippen molar-refractivity contribution in [3.63, 3.8) is 0 Å².